The summed E-state index contributed by atoms with van der Waals surface area (Å²) in [4.78, 5) is 11.7. The molecule has 0 amide bonds. The summed E-state index contributed by atoms with van der Waals surface area (Å²) >= 11 is 11.3. The number of benzene rings is 1. The van der Waals surface area contributed by atoms with Crippen LogP contribution in [0.15, 0.2) is 18.2 Å². The highest BCUT2D eigenvalue weighted by molar-refractivity contribution is 6.31. The average Bonchev–Trinajstić information content (AvgIpc) is 2.27. The molecule has 0 atom stereocenters. The van der Waals surface area contributed by atoms with Crippen LogP contribution in [-0.4, -0.2) is 4.73 Å². The lowest BCUT2D eigenvalue weighted by Gasteiger charge is -2.12. The van der Waals surface area contributed by atoms with Crippen molar-refractivity contribution in [2.45, 2.75) is 0 Å². The Morgan fingerprint density at radius 3 is 2.75 bits per heavy atom. The molecular weight excluding hydrogens is 253 g/mol. The summed E-state index contributed by atoms with van der Waals surface area (Å²) < 4.78 is 0.609. The zero-order chi connectivity index (χ0) is 11.9. The van der Waals surface area contributed by atoms with E-state index >= 15 is 0 Å². The zero-order valence-electron chi connectivity index (χ0n) is 7.65. The van der Waals surface area contributed by atoms with Crippen molar-refractivity contribution >= 4 is 34.2 Å². The van der Waals surface area contributed by atoms with Crippen molar-refractivity contribution in [3.05, 3.63) is 44.2 Å². The first-order chi connectivity index (χ1) is 7.56. The van der Waals surface area contributed by atoms with Gasteiger partial charge in [0, 0.05) is 16.0 Å². The molecule has 0 N–H and O–H groups in total. The van der Waals surface area contributed by atoms with Crippen LogP contribution in [0.4, 0.5) is 0 Å². The van der Waals surface area contributed by atoms with Crippen molar-refractivity contribution in [1.82, 2.24) is 4.73 Å². The number of hydrogen-bond donors (Lipinski definition) is 0. The van der Waals surface area contributed by atoms with Crippen molar-refractivity contribution in [2.75, 3.05) is 0 Å². The Hall–Kier alpha value is -1.77. The van der Waals surface area contributed by atoms with Crippen molar-refractivity contribution in [2.24, 2.45) is 0 Å². The van der Waals surface area contributed by atoms with Gasteiger partial charge in [-0.15, -0.1) is 0 Å². The number of halogens is 2. The van der Waals surface area contributed by atoms with Gasteiger partial charge in [-0.1, -0.05) is 23.2 Å². The number of nitriles is 1. The van der Waals surface area contributed by atoms with Gasteiger partial charge in [-0.3, -0.25) is 0 Å². The maximum atomic E-state index is 11.7. The van der Waals surface area contributed by atoms with Gasteiger partial charge in [-0.2, -0.15) is 5.26 Å². The first kappa shape index (κ1) is 10.7. The molecule has 0 aliphatic carbocycles. The topological polar surface area (TPSA) is 74.8 Å². The molecule has 0 bridgehead atoms. The summed E-state index contributed by atoms with van der Waals surface area (Å²) in [6.07, 6.45) is 0. The lowest BCUT2D eigenvalue weighted by molar-refractivity contribution is -0.468. The van der Waals surface area contributed by atoms with Gasteiger partial charge in [0.15, 0.2) is 11.2 Å². The Morgan fingerprint density at radius 1 is 1.44 bits per heavy atom. The summed E-state index contributed by atoms with van der Waals surface area (Å²) in [6, 6.07) is 5.70. The Morgan fingerprint density at radius 2 is 2.12 bits per heavy atom. The van der Waals surface area contributed by atoms with Crippen molar-refractivity contribution in [3.8, 4) is 6.07 Å². The van der Waals surface area contributed by atoms with Crippen LogP contribution in [0.5, 0.6) is 0 Å². The highest BCUT2D eigenvalue weighted by Crippen LogP contribution is 2.20. The highest BCUT2D eigenvalue weighted by atomic mass is 35.5. The maximum absolute atomic E-state index is 11.7. The highest BCUT2D eigenvalue weighted by Gasteiger charge is 2.20. The number of hydrogen-bond acceptors (Lipinski definition) is 3. The molecule has 5 nitrogen and oxygen atoms in total. The van der Waals surface area contributed by atoms with E-state index in [1.165, 1.54) is 18.2 Å². The molecule has 0 aliphatic heterocycles. The Labute approximate surface area is 99.2 Å². The molecule has 0 radical (unpaired) electrons. The maximum Gasteiger partial charge on any atom is 0.374 e. The van der Waals surface area contributed by atoms with Crippen LogP contribution in [0.1, 0.15) is 5.69 Å². The normalized spacial score (nSPS) is 10.3. The summed E-state index contributed by atoms with van der Waals surface area (Å²) in [5, 5.41) is 20.2. The molecular formula is C9H3Cl2N3O2. The fourth-order valence-electron chi connectivity index (χ4n) is 1.33. The first-order valence-electron chi connectivity index (χ1n) is 4.10. The summed E-state index contributed by atoms with van der Waals surface area (Å²) in [6.45, 7) is 0. The van der Waals surface area contributed by atoms with Crippen molar-refractivity contribution < 1.29 is 4.43 Å². The molecule has 1 aromatic heterocycles. The van der Waals surface area contributed by atoms with Gasteiger partial charge < -0.3 is 9.94 Å². The number of nitrogens with zero attached hydrogens (tertiary/aromatic N) is 3. The molecule has 0 aliphatic rings. The average molecular weight is 256 g/mol. The molecule has 0 unspecified atom stereocenters. The van der Waals surface area contributed by atoms with E-state index in [9.17, 15) is 10.1 Å². The van der Waals surface area contributed by atoms with Gasteiger partial charge in [0.2, 0.25) is 0 Å². The van der Waals surface area contributed by atoms with Crippen molar-refractivity contribution in [1.29, 1.82) is 5.26 Å². The van der Waals surface area contributed by atoms with E-state index in [-0.39, 0.29) is 15.5 Å². The summed E-state index contributed by atoms with van der Waals surface area (Å²) in [7, 11) is 0. The van der Waals surface area contributed by atoms with E-state index < -0.39 is 10.8 Å². The lowest BCUT2D eigenvalue weighted by Crippen LogP contribution is -2.23. The Bertz CT molecular complexity index is 688. The molecule has 16 heavy (non-hydrogen) atoms. The molecule has 1 heterocycles. The van der Waals surface area contributed by atoms with E-state index in [0.29, 0.717) is 9.75 Å². The van der Waals surface area contributed by atoms with Crippen LogP contribution in [0, 0.1) is 21.4 Å². The summed E-state index contributed by atoms with van der Waals surface area (Å²) in [5.74, 6) is 0. The van der Waals surface area contributed by atoms with E-state index in [1.807, 2.05) is 0 Å². The molecule has 1 aromatic carbocycles. The smallest absolute Gasteiger partial charge is 0.374 e. The Kier molecular flexibility index (Phi) is 2.46. The van der Waals surface area contributed by atoms with Crippen LogP contribution in [0.25, 0.3) is 11.0 Å². The van der Waals surface area contributed by atoms with E-state index in [4.69, 9.17) is 28.5 Å². The monoisotopic (exact) mass is 255 g/mol. The lowest BCUT2D eigenvalue weighted by atomic mass is 10.3. The molecule has 0 saturated carbocycles. The third kappa shape index (κ3) is 1.40. The molecule has 2 rings (SSSR count). The quantitative estimate of drug-likeness (QED) is 0.677. The van der Waals surface area contributed by atoms with Gasteiger partial charge in [-0.05, 0) is 12.1 Å². The van der Waals surface area contributed by atoms with Crippen LogP contribution in [0.2, 0.25) is 10.2 Å². The minimum atomic E-state index is -0.452. The fraction of sp³-hybridized carbons (Fsp3) is 0. The second-order valence-electron chi connectivity index (χ2n) is 2.97. The van der Waals surface area contributed by atoms with Gasteiger partial charge in [0.1, 0.15) is 5.52 Å². The fourth-order valence-corrected chi connectivity index (χ4v) is 1.71. The van der Waals surface area contributed by atoms with Crippen LogP contribution in [0.3, 0.4) is 0 Å². The minimum absolute atomic E-state index is 0.00319. The SMILES string of the molecule is N#Cc1c(Cl)n([O-])c2ccc(Cl)cc2[n+]1=O. The van der Waals surface area contributed by atoms with Gasteiger partial charge in [-0.25, -0.2) is 0 Å². The van der Waals surface area contributed by atoms with Gasteiger partial charge in [0.05, 0.1) is 4.43 Å². The van der Waals surface area contributed by atoms with Crippen LogP contribution < -0.4 is 4.43 Å². The predicted molar refractivity (Wildman–Crippen MR) is 58.8 cm³/mol. The number of rotatable bonds is 0. The van der Waals surface area contributed by atoms with E-state index in [1.54, 1.807) is 6.07 Å². The van der Waals surface area contributed by atoms with Crippen molar-refractivity contribution in [3.63, 3.8) is 0 Å². The summed E-state index contributed by atoms with van der Waals surface area (Å²) in [5.41, 5.74) is -0.390. The number of aromatic nitrogens is 2. The molecule has 0 saturated heterocycles. The third-order valence-electron chi connectivity index (χ3n) is 2.06. The zero-order valence-corrected chi connectivity index (χ0v) is 9.16. The second-order valence-corrected chi connectivity index (χ2v) is 3.77. The molecule has 0 fully saturated rings. The number of fused-ring (bicyclic) bond motifs is 1. The first-order valence-corrected chi connectivity index (χ1v) is 4.86. The largest absolute Gasteiger partial charge is 0.804 e. The Balaban J connectivity index is 3.10. The van der Waals surface area contributed by atoms with Gasteiger partial charge >= 0.3 is 5.69 Å². The molecule has 0 spiro atoms. The second kappa shape index (κ2) is 3.67. The third-order valence-corrected chi connectivity index (χ3v) is 2.63. The van der Waals surface area contributed by atoms with Crippen LogP contribution in [-0.2, 0) is 0 Å². The standard InChI is InChI=1S/C9H3Cl2N3O2/c10-5-1-2-6-7(3-5)13(15)8(4-12)9(11)14(6)16/h1-3H. The molecule has 7 heteroatoms. The predicted octanol–water partition coefficient (Wildman–Crippen LogP) is 2.08. The minimum Gasteiger partial charge on any atom is -0.804 e. The molecule has 2 aromatic rings. The van der Waals surface area contributed by atoms with Gasteiger partial charge in [0.25, 0.3) is 5.52 Å². The van der Waals surface area contributed by atoms with E-state index in [2.05, 4.69) is 0 Å². The molecule has 80 valence electrons. The van der Waals surface area contributed by atoms with Crippen LogP contribution >= 0.6 is 23.2 Å². The van der Waals surface area contributed by atoms with E-state index in [0.717, 1.165) is 0 Å².